The summed E-state index contributed by atoms with van der Waals surface area (Å²) in [5.41, 5.74) is 1.06. The van der Waals surface area contributed by atoms with Crippen molar-refractivity contribution in [3.63, 3.8) is 0 Å². The molecule has 2 N–H and O–H groups in total. The molecule has 1 rings (SSSR count). The van der Waals surface area contributed by atoms with E-state index < -0.39 is 12.6 Å². The second-order valence-corrected chi connectivity index (χ2v) is 4.77. The first kappa shape index (κ1) is 18.1. The zero-order valence-corrected chi connectivity index (χ0v) is 12.8. The van der Waals surface area contributed by atoms with E-state index in [-0.39, 0.29) is 6.42 Å². The normalized spacial score (nSPS) is 12.1. The lowest BCUT2D eigenvalue weighted by Crippen LogP contribution is -2.37. The van der Waals surface area contributed by atoms with Crippen LogP contribution in [0.25, 0.3) is 0 Å². The van der Waals surface area contributed by atoms with Crippen LogP contribution in [0.2, 0.25) is 0 Å². The molecule has 0 amide bonds. The molecule has 0 aromatic heterocycles. The number of unbranched alkanes of at least 4 members (excludes halogenated alkanes) is 1. The van der Waals surface area contributed by atoms with Crippen molar-refractivity contribution in [2.75, 3.05) is 20.7 Å². The Bertz CT molecular complexity index is 458. The predicted molar refractivity (Wildman–Crippen MR) is 81.1 cm³/mol. The molecule has 0 unspecified atom stereocenters. The smallest absolute Gasteiger partial charge is 0.389 e. The summed E-state index contributed by atoms with van der Waals surface area (Å²) in [4.78, 5) is 4.03. The minimum absolute atomic E-state index is 0.117. The Balaban J connectivity index is 2.24. The van der Waals surface area contributed by atoms with Gasteiger partial charge in [-0.25, -0.2) is 0 Å². The van der Waals surface area contributed by atoms with Crippen molar-refractivity contribution in [1.82, 2.24) is 10.6 Å². The highest BCUT2D eigenvalue weighted by Gasteiger charge is 2.25. The first-order valence-corrected chi connectivity index (χ1v) is 7.09. The zero-order chi connectivity index (χ0) is 16.4. The number of hydrogen-bond acceptors (Lipinski definition) is 2. The largest absolute Gasteiger partial charge is 0.497 e. The molecule has 124 valence electrons. The summed E-state index contributed by atoms with van der Waals surface area (Å²) < 4.78 is 41.1. The first-order chi connectivity index (χ1) is 10.4. The number of aliphatic imine (C=N–C) groups is 1. The zero-order valence-electron chi connectivity index (χ0n) is 12.8. The Kier molecular flexibility index (Phi) is 7.56. The molecular weight excluding hydrogens is 295 g/mol. The molecule has 4 nitrogen and oxygen atoms in total. The fourth-order valence-corrected chi connectivity index (χ4v) is 1.81. The van der Waals surface area contributed by atoms with Gasteiger partial charge < -0.3 is 15.4 Å². The van der Waals surface area contributed by atoms with E-state index in [1.807, 2.05) is 24.3 Å². The van der Waals surface area contributed by atoms with Crippen molar-refractivity contribution < 1.29 is 17.9 Å². The van der Waals surface area contributed by atoms with Crippen LogP contribution in [0.3, 0.4) is 0 Å². The number of benzene rings is 1. The van der Waals surface area contributed by atoms with Gasteiger partial charge in [0.15, 0.2) is 5.96 Å². The van der Waals surface area contributed by atoms with Gasteiger partial charge in [-0.05, 0) is 30.5 Å². The van der Waals surface area contributed by atoms with Crippen LogP contribution in [0.15, 0.2) is 29.3 Å². The molecule has 0 atom stereocenters. The Morgan fingerprint density at radius 2 is 1.82 bits per heavy atom. The molecule has 0 aliphatic rings. The van der Waals surface area contributed by atoms with Crippen molar-refractivity contribution in [3.05, 3.63) is 29.8 Å². The minimum atomic E-state index is -4.08. The maximum atomic E-state index is 12.0. The van der Waals surface area contributed by atoms with E-state index in [0.717, 1.165) is 11.3 Å². The molecule has 0 saturated heterocycles. The Hall–Kier alpha value is -1.92. The number of nitrogens with zero attached hydrogens (tertiary/aromatic N) is 1. The number of hydrogen-bond donors (Lipinski definition) is 2. The summed E-state index contributed by atoms with van der Waals surface area (Å²) in [7, 11) is 3.23. The van der Waals surface area contributed by atoms with Gasteiger partial charge in [-0.1, -0.05) is 12.1 Å². The monoisotopic (exact) mass is 317 g/mol. The highest BCUT2D eigenvalue weighted by molar-refractivity contribution is 5.79. The van der Waals surface area contributed by atoms with Gasteiger partial charge in [0.25, 0.3) is 0 Å². The van der Waals surface area contributed by atoms with Crippen molar-refractivity contribution >= 4 is 5.96 Å². The summed E-state index contributed by atoms with van der Waals surface area (Å²) in [5.74, 6) is 1.36. The molecule has 0 saturated carbocycles. The van der Waals surface area contributed by atoms with Crippen LogP contribution in [0.5, 0.6) is 5.75 Å². The third kappa shape index (κ3) is 7.75. The van der Waals surface area contributed by atoms with E-state index in [1.54, 1.807) is 14.2 Å². The highest BCUT2D eigenvalue weighted by Crippen LogP contribution is 2.21. The van der Waals surface area contributed by atoms with E-state index >= 15 is 0 Å². The molecule has 0 heterocycles. The summed E-state index contributed by atoms with van der Waals surface area (Å²) in [6.07, 6.45) is -4.25. The van der Waals surface area contributed by atoms with Gasteiger partial charge in [0, 0.05) is 26.6 Å². The second-order valence-electron chi connectivity index (χ2n) is 4.77. The van der Waals surface area contributed by atoms with Crippen LogP contribution >= 0.6 is 0 Å². The third-order valence-electron chi connectivity index (χ3n) is 3.02. The minimum Gasteiger partial charge on any atom is -0.497 e. The lowest BCUT2D eigenvalue weighted by molar-refractivity contribution is -0.135. The van der Waals surface area contributed by atoms with Gasteiger partial charge in [-0.3, -0.25) is 4.99 Å². The first-order valence-electron chi connectivity index (χ1n) is 7.09. The third-order valence-corrected chi connectivity index (χ3v) is 3.02. The Morgan fingerprint density at radius 1 is 1.14 bits per heavy atom. The van der Waals surface area contributed by atoms with E-state index in [1.165, 1.54) is 0 Å². The van der Waals surface area contributed by atoms with Crippen LogP contribution in [-0.4, -0.2) is 32.8 Å². The van der Waals surface area contributed by atoms with Crippen molar-refractivity contribution in [2.24, 2.45) is 4.99 Å². The predicted octanol–water partition coefficient (Wildman–Crippen LogP) is 3.09. The van der Waals surface area contributed by atoms with E-state index in [0.29, 0.717) is 25.5 Å². The highest BCUT2D eigenvalue weighted by atomic mass is 19.4. The lowest BCUT2D eigenvalue weighted by atomic mass is 10.2. The summed E-state index contributed by atoms with van der Waals surface area (Å²) in [6.45, 7) is 1.03. The van der Waals surface area contributed by atoms with Gasteiger partial charge in [0.1, 0.15) is 5.75 Å². The molecule has 7 heteroatoms. The summed E-state index contributed by atoms with van der Waals surface area (Å²) >= 11 is 0. The molecule has 0 fully saturated rings. The quantitative estimate of drug-likeness (QED) is 0.461. The van der Waals surface area contributed by atoms with Crippen molar-refractivity contribution in [3.8, 4) is 5.75 Å². The standard InChI is InChI=1S/C15H22F3N3O/c1-19-14(20-10-4-3-9-15(16,17)18)21-11-12-5-7-13(22-2)8-6-12/h5-8H,3-4,9-11H2,1-2H3,(H2,19,20,21). The molecule has 1 aromatic rings. The molecule has 0 radical (unpaired) electrons. The van der Waals surface area contributed by atoms with Gasteiger partial charge in [-0.2, -0.15) is 13.2 Å². The maximum absolute atomic E-state index is 12.0. The number of rotatable bonds is 7. The maximum Gasteiger partial charge on any atom is 0.389 e. The van der Waals surface area contributed by atoms with Crippen LogP contribution in [0.4, 0.5) is 13.2 Å². The number of nitrogens with one attached hydrogen (secondary N) is 2. The summed E-state index contributed by atoms with van der Waals surface area (Å²) in [6, 6.07) is 7.60. The van der Waals surface area contributed by atoms with Crippen LogP contribution in [-0.2, 0) is 6.54 Å². The van der Waals surface area contributed by atoms with E-state index in [4.69, 9.17) is 4.74 Å². The molecule has 0 bridgehead atoms. The average molecular weight is 317 g/mol. The van der Waals surface area contributed by atoms with Gasteiger partial charge >= 0.3 is 6.18 Å². The number of halogens is 3. The van der Waals surface area contributed by atoms with Crippen molar-refractivity contribution in [2.45, 2.75) is 32.0 Å². The molecular formula is C15H22F3N3O. The van der Waals surface area contributed by atoms with Crippen LogP contribution in [0.1, 0.15) is 24.8 Å². The van der Waals surface area contributed by atoms with Gasteiger partial charge in [0.05, 0.1) is 7.11 Å². The number of alkyl halides is 3. The second kappa shape index (κ2) is 9.17. The fraction of sp³-hybridized carbons (Fsp3) is 0.533. The average Bonchev–Trinajstić information content (AvgIpc) is 2.49. The Morgan fingerprint density at radius 3 is 2.36 bits per heavy atom. The van der Waals surface area contributed by atoms with Crippen LogP contribution < -0.4 is 15.4 Å². The fourth-order valence-electron chi connectivity index (χ4n) is 1.81. The molecule has 0 spiro atoms. The molecule has 1 aromatic carbocycles. The van der Waals surface area contributed by atoms with E-state index in [2.05, 4.69) is 15.6 Å². The van der Waals surface area contributed by atoms with Crippen LogP contribution in [0, 0.1) is 0 Å². The number of methoxy groups -OCH3 is 1. The number of guanidine groups is 1. The lowest BCUT2D eigenvalue weighted by Gasteiger charge is -2.12. The molecule has 22 heavy (non-hydrogen) atoms. The topological polar surface area (TPSA) is 45.7 Å². The SMILES string of the molecule is CN=C(NCCCCC(F)(F)F)NCc1ccc(OC)cc1. The summed E-state index contributed by atoms with van der Waals surface area (Å²) in [5, 5.41) is 6.10. The van der Waals surface area contributed by atoms with Crippen molar-refractivity contribution in [1.29, 1.82) is 0 Å². The Labute approximate surface area is 128 Å². The van der Waals surface area contributed by atoms with Gasteiger partial charge in [0.2, 0.25) is 0 Å². The number of ether oxygens (including phenoxy) is 1. The molecule has 0 aliphatic heterocycles. The van der Waals surface area contributed by atoms with E-state index in [9.17, 15) is 13.2 Å². The van der Waals surface area contributed by atoms with Gasteiger partial charge in [-0.15, -0.1) is 0 Å². The molecule has 0 aliphatic carbocycles.